The van der Waals surface area contributed by atoms with Crippen LogP contribution in [0.5, 0.6) is 0 Å². The van der Waals surface area contributed by atoms with Gasteiger partial charge in [-0.05, 0) is 24.1 Å². The number of aryl methyl sites for hydroxylation is 1. The van der Waals surface area contributed by atoms with E-state index in [2.05, 4.69) is 0 Å². The molecule has 6 nitrogen and oxygen atoms in total. The van der Waals surface area contributed by atoms with Crippen molar-refractivity contribution in [1.29, 1.82) is 0 Å². The quantitative estimate of drug-likeness (QED) is 0.768. The van der Waals surface area contributed by atoms with Crippen molar-refractivity contribution in [3.63, 3.8) is 0 Å². The van der Waals surface area contributed by atoms with E-state index in [0.29, 0.717) is 0 Å². The Hall–Kier alpha value is -1.73. The average molecular weight is 322 g/mol. The maximum Gasteiger partial charge on any atom is 0.243 e. The molecule has 0 aliphatic carbocycles. The van der Waals surface area contributed by atoms with Crippen LogP contribution >= 0.6 is 0 Å². The summed E-state index contributed by atoms with van der Waals surface area (Å²) in [4.78, 5) is 24.8. The minimum atomic E-state index is -3.54. The lowest BCUT2D eigenvalue weighted by atomic mass is 10.1. The first kappa shape index (κ1) is 15.2. The van der Waals surface area contributed by atoms with Gasteiger partial charge in [-0.2, -0.15) is 4.31 Å². The number of hydrogen-bond acceptors (Lipinski definition) is 4. The number of sulfonamides is 1. The smallest absolute Gasteiger partial charge is 0.243 e. The molecule has 1 aromatic rings. The fourth-order valence-corrected chi connectivity index (χ4v) is 4.34. The molecule has 0 saturated carbocycles. The number of nitrogens with zero attached hydrogens (tertiary/aromatic N) is 2. The standard InChI is InChI=1S/C15H18N2O4S/c1-2-11-3-5-13(6-4-11)22(20,21)16-9-12(10-16)17-14(18)7-8-15(17)19/h3-6,12H,2,7-10H2,1H3. The second-order valence-corrected chi connectivity index (χ2v) is 7.57. The molecule has 3 rings (SSSR count). The predicted molar refractivity (Wildman–Crippen MR) is 79.5 cm³/mol. The van der Waals surface area contributed by atoms with Gasteiger partial charge in [-0.3, -0.25) is 14.5 Å². The van der Waals surface area contributed by atoms with Crippen LogP contribution in [0.1, 0.15) is 25.3 Å². The Balaban J connectivity index is 1.70. The van der Waals surface area contributed by atoms with Crippen LogP contribution in [0.25, 0.3) is 0 Å². The molecular weight excluding hydrogens is 304 g/mol. The van der Waals surface area contributed by atoms with Crippen LogP contribution in [-0.4, -0.2) is 48.6 Å². The van der Waals surface area contributed by atoms with Crippen LogP contribution in [0.4, 0.5) is 0 Å². The summed E-state index contributed by atoms with van der Waals surface area (Å²) in [6.07, 6.45) is 1.33. The van der Waals surface area contributed by atoms with E-state index in [0.717, 1.165) is 12.0 Å². The highest BCUT2D eigenvalue weighted by Gasteiger charge is 2.45. The Morgan fingerprint density at radius 1 is 1.05 bits per heavy atom. The van der Waals surface area contributed by atoms with Gasteiger partial charge in [0.25, 0.3) is 0 Å². The van der Waals surface area contributed by atoms with Crippen LogP contribution in [0.15, 0.2) is 29.2 Å². The Kier molecular flexibility index (Phi) is 3.78. The van der Waals surface area contributed by atoms with Crippen LogP contribution < -0.4 is 0 Å². The highest BCUT2D eigenvalue weighted by atomic mass is 32.2. The van der Waals surface area contributed by atoms with Gasteiger partial charge in [0.05, 0.1) is 10.9 Å². The zero-order valence-electron chi connectivity index (χ0n) is 12.4. The van der Waals surface area contributed by atoms with E-state index in [1.54, 1.807) is 24.3 Å². The zero-order valence-corrected chi connectivity index (χ0v) is 13.2. The topological polar surface area (TPSA) is 74.8 Å². The van der Waals surface area contributed by atoms with Crippen molar-refractivity contribution in [3.8, 4) is 0 Å². The first-order chi connectivity index (χ1) is 10.4. The predicted octanol–water partition coefficient (Wildman–Crippen LogP) is 0.771. The molecule has 0 unspecified atom stereocenters. The normalized spacial score (nSPS) is 20.5. The highest BCUT2D eigenvalue weighted by molar-refractivity contribution is 7.89. The molecule has 7 heteroatoms. The molecule has 0 N–H and O–H groups in total. The fourth-order valence-electron chi connectivity index (χ4n) is 2.82. The first-order valence-corrected chi connectivity index (χ1v) is 8.81. The molecule has 118 valence electrons. The van der Waals surface area contributed by atoms with Gasteiger partial charge in [-0.25, -0.2) is 8.42 Å². The molecule has 0 bridgehead atoms. The van der Waals surface area contributed by atoms with Gasteiger partial charge in [0, 0.05) is 25.9 Å². The van der Waals surface area contributed by atoms with E-state index in [1.807, 2.05) is 6.92 Å². The molecule has 2 saturated heterocycles. The lowest BCUT2D eigenvalue weighted by Gasteiger charge is -2.41. The SMILES string of the molecule is CCc1ccc(S(=O)(=O)N2CC(N3C(=O)CCC3=O)C2)cc1. The van der Waals surface area contributed by atoms with Crippen molar-refractivity contribution in [1.82, 2.24) is 9.21 Å². The molecule has 2 aliphatic heterocycles. The third-order valence-electron chi connectivity index (χ3n) is 4.25. The van der Waals surface area contributed by atoms with Gasteiger partial charge in [0.15, 0.2) is 0 Å². The minimum Gasteiger partial charge on any atom is -0.277 e. The summed E-state index contributed by atoms with van der Waals surface area (Å²) in [5.74, 6) is -0.390. The van der Waals surface area contributed by atoms with Crippen molar-refractivity contribution < 1.29 is 18.0 Å². The van der Waals surface area contributed by atoms with Crippen molar-refractivity contribution in [2.75, 3.05) is 13.1 Å². The lowest BCUT2D eigenvalue weighted by Crippen LogP contribution is -2.62. The maximum atomic E-state index is 12.5. The minimum absolute atomic E-state index is 0.190. The molecule has 0 radical (unpaired) electrons. The summed E-state index contributed by atoms with van der Waals surface area (Å²) in [6, 6.07) is 6.50. The Morgan fingerprint density at radius 3 is 2.09 bits per heavy atom. The van der Waals surface area contributed by atoms with E-state index < -0.39 is 10.0 Å². The second kappa shape index (κ2) is 5.48. The summed E-state index contributed by atoms with van der Waals surface area (Å²) in [6.45, 7) is 2.39. The fraction of sp³-hybridized carbons (Fsp3) is 0.467. The van der Waals surface area contributed by atoms with Gasteiger partial charge in [0.2, 0.25) is 21.8 Å². The molecular formula is C15H18N2O4S. The van der Waals surface area contributed by atoms with Crippen LogP contribution in [0.3, 0.4) is 0 Å². The Morgan fingerprint density at radius 2 is 1.59 bits per heavy atom. The number of imide groups is 1. The molecule has 0 spiro atoms. The van der Waals surface area contributed by atoms with Gasteiger partial charge in [-0.15, -0.1) is 0 Å². The van der Waals surface area contributed by atoms with Crippen molar-refractivity contribution in [2.24, 2.45) is 0 Å². The summed E-state index contributed by atoms with van der Waals surface area (Å²) in [7, 11) is -3.54. The Bertz CT molecular complexity index is 690. The largest absolute Gasteiger partial charge is 0.277 e. The number of amides is 2. The second-order valence-electron chi connectivity index (χ2n) is 5.63. The molecule has 2 amide bonds. The third kappa shape index (κ3) is 2.44. The van der Waals surface area contributed by atoms with Gasteiger partial charge in [0.1, 0.15) is 0 Å². The number of benzene rings is 1. The van der Waals surface area contributed by atoms with Gasteiger partial charge >= 0.3 is 0 Å². The van der Waals surface area contributed by atoms with E-state index in [-0.39, 0.29) is 48.7 Å². The average Bonchev–Trinajstić information content (AvgIpc) is 2.78. The molecule has 22 heavy (non-hydrogen) atoms. The van der Waals surface area contributed by atoms with Crippen LogP contribution in [-0.2, 0) is 26.0 Å². The molecule has 2 aliphatic rings. The summed E-state index contributed by atoms with van der Waals surface area (Å²) >= 11 is 0. The number of rotatable bonds is 4. The number of carbonyl (C=O) groups is 2. The van der Waals surface area contributed by atoms with E-state index >= 15 is 0 Å². The summed E-state index contributed by atoms with van der Waals surface area (Å²) in [5.41, 5.74) is 1.08. The van der Waals surface area contributed by atoms with Gasteiger partial charge in [-0.1, -0.05) is 19.1 Å². The van der Waals surface area contributed by atoms with Crippen LogP contribution in [0, 0.1) is 0 Å². The van der Waals surface area contributed by atoms with Crippen molar-refractivity contribution in [3.05, 3.63) is 29.8 Å². The molecule has 0 atom stereocenters. The molecule has 2 heterocycles. The Labute approximate surface area is 129 Å². The number of likely N-dealkylation sites (tertiary alicyclic amines) is 1. The maximum absolute atomic E-state index is 12.5. The van der Waals surface area contributed by atoms with E-state index in [4.69, 9.17) is 0 Å². The third-order valence-corrected chi connectivity index (χ3v) is 6.10. The van der Waals surface area contributed by atoms with Crippen molar-refractivity contribution in [2.45, 2.75) is 37.1 Å². The number of hydrogen-bond donors (Lipinski definition) is 0. The monoisotopic (exact) mass is 322 g/mol. The zero-order chi connectivity index (χ0) is 15.9. The van der Waals surface area contributed by atoms with E-state index in [9.17, 15) is 18.0 Å². The molecule has 2 fully saturated rings. The molecule has 0 aromatic heterocycles. The lowest BCUT2D eigenvalue weighted by molar-refractivity contribution is -0.143. The van der Waals surface area contributed by atoms with Crippen molar-refractivity contribution >= 4 is 21.8 Å². The van der Waals surface area contributed by atoms with Crippen LogP contribution in [0.2, 0.25) is 0 Å². The highest BCUT2D eigenvalue weighted by Crippen LogP contribution is 2.27. The molecule has 1 aromatic carbocycles. The van der Waals surface area contributed by atoms with Gasteiger partial charge < -0.3 is 0 Å². The van der Waals surface area contributed by atoms with E-state index in [1.165, 1.54) is 9.21 Å². The number of carbonyl (C=O) groups excluding carboxylic acids is 2. The first-order valence-electron chi connectivity index (χ1n) is 7.37. The summed E-state index contributed by atoms with van der Waals surface area (Å²) in [5, 5.41) is 0. The summed E-state index contributed by atoms with van der Waals surface area (Å²) < 4.78 is 26.3.